The lowest BCUT2D eigenvalue weighted by atomic mass is 10.2. The molecule has 2 aromatic heterocycles. The van der Waals surface area contributed by atoms with Crippen molar-refractivity contribution in [2.24, 2.45) is 0 Å². The minimum absolute atomic E-state index is 0.253. The van der Waals surface area contributed by atoms with E-state index in [4.69, 9.17) is 0 Å². The molecule has 0 aliphatic carbocycles. The second-order valence-corrected chi connectivity index (χ2v) is 7.12. The number of hydrogen-bond donors (Lipinski definition) is 2. The second kappa shape index (κ2) is 8.68. The van der Waals surface area contributed by atoms with Gasteiger partial charge in [0.15, 0.2) is 0 Å². The van der Waals surface area contributed by atoms with Crippen LogP contribution < -0.4 is 15.5 Å². The van der Waals surface area contributed by atoms with Gasteiger partial charge in [-0.15, -0.1) is 0 Å². The van der Waals surface area contributed by atoms with E-state index >= 15 is 0 Å². The number of carbonyl (C=O) groups is 1. The number of aryl methyl sites for hydroxylation is 1. The van der Waals surface area contributed by atoms with E-state index in [0.29, 0.717) is 18.2 Å². The van der Waals surface area contributed by atoms with Crippen LogP contribution in [0.15, 0.2) is 54.9 Å². The Morgan fingerprint density at radius 3 is 2.48 bits per heavy atom. The molecule has 1 amide bonds. The molecular weight excluding hydrogens is 364 g/mol. The molecule has 4 rings (SSSR count). The van der Waals surface area contributed by atoms with Gasteiger partial charge in [-0.25, -0.2) is 9.97 Å². The average molecular weight is 388 g/mol. The number of anilines is 3. The summed E-state index contributed by atoms with van der Waals surface area (Å²) in [5.74, 6) is 0.174. The van der Waals surface area contributed by atoms with Gasteiger partial charge in [0, 0.05) is 49.1 Å². The number of pyridine rings is 1. The van der Waals surface area contributed by atoms with Crippen LogP contribution in [-0.4, -0.2) is 33.9 Å². The van der Waals surface area contributed by atoms with Crippen LogP contribution in [0.3, 0.4) is 0 Å². The Bertz CT molecular complexity index is 968. The van der Waals surface area contributed by atoms with Crippen LogP contribution in [0.5, 0.6) is 0 Å². The third kappa shape index (κ3) is 4.87. The standard InChI is InChI=1S/C22H24N6O/c1-16-14-20(27-22(25-16)24-15-17-8-10-23-11-9-17)21(29)26-18-4-6-19(7-5-18)28-12-2-3-13-28/h4-11,14H,2-3,12-13,15H2,1H3,(H,26,29)(H,24,25,27). The highest BCUT2D eigenvalue weighted by atomic mass is 16.1. The molecule has 1 aliphatic rings. The summed E-state index contributed by atoms with van der Waals surface area (Å²) in [7, 11) is 0. The largest absolute Gasteiger partial charge is 0.372 e. The van der Waals surface area contributed by atoms with Crippen LogP contribution in [-0.2, 0) is 6.54 Å². The molecule has 2 N–H and O–H groups in total. The first-order chi connectivity index (χ1) is 14.2. The van der Waals surface area contributed by atoms with E-state index in [2.05, 4.69) is 30.5 Å². The molecule has 7 nitrogen and oxygen atoms in total. The maximum absolute atomic E-state index is 12.7. The number of carbonyl (C=O) groups excluding carboxylic acids is 1. The third-order valence-electron chi connectivity index (χ3n) is 4.88. The monoisotopic (exact) mass is 388 g/mol. The van der Waals surface area contributed by atoms with Gasteiger partial charge < -0.3 is 15.5 Å². The Labute approximate surface area is 170 Å². The van der Waals surface area contributed by atoms with Crippen LogP contribution in [0.4, 0.5) is 17.3 Å². The zero-order chi connectivity index (χ0) is 20.1. The van der Waals surface area contributed by atoms with Gasteiger partial charge in [0.05, 0.1) is 0 Å². The summed E-state index contributed by atoms with van der Waals surface area (Å²) in [6, 6.07) is 13.5. The fraction of sp³-hybridized carbons (Fsp3) is 0.273. The van der Waals surface area contributed by atoms with Crippen LogP contribution in [0, 0.1) is 6.92 Å². The number of hydrogen-bond acceptors (Lipinski definition) is 6. The quantitative estimate of drug-likeness (QED) is 0.671. The van der Waals surface area contributed by atoms with Gasteiger partial charge in [-0.2, -0.15) is 0 Å². The number of nitrogens with one attached hydrogen (secondary N) is 2. The summed E-state index contributed by atoms with van der Waals surface area (Å²) in [6.07, 6.45) is 5.95. The molecule has 0 unspecified atom stereocenters. The summed E-state index contributed by atoms with van der Waals surface area (Å²) in [5.41, 5.74) is 4.07. The molecule has 7 heteroatoms. The Hall–Kier alpha value is -3.48. The molecule has 1 saturated heterocycles. The highest BCUT2D eigenvalue weighted by molar-refractivity contribution is 6.03. The number of nitrogens with zero attached hydrogens (tertiary/aromatic N) is 4. The Morgan fingerprint density at radius 1 is 1.03 bits per heavy atom. The summed E-state index contributed by atoms with van der Waals surface area (Å²) >= 11 is 0. The van der Waals surface area contributed by atoms with Gasteiger partial charge in [-0.05, 0) is 67.8 Å². The lowest BCUT2D eigenvalue weighted by Crippen LogP contribution is -2.18. The van der Waals surface area contributed by atoms with Crippen molar-refractivity contribution < 1.29 is 4.79 Å². The van der Waals surface area contributed by atoms with Crippen molar-refractivity contribution in [2.75, 3.05) is 28.6 Å². The lowest BCUT2D eigenvalue weighted by Gasteiger charge is -2.17. The van der Waals surface area contributed by atoms with E-state index in [1.807, 2.05) is 43.3 Å². The molecule has 1 aliphatic heterocycles. The van der Waals surface area contributed by atoms with Crippen LogP contribution in [0.25, 0.3) is 0 Å². The maximum Gasteiger partial charge on any atom is 0.274 e. The maximum atomic E-state index is 12.7. The first-order valence-electron chi connectivity index (χ1n) is 9.82. The molecule has 1 fully saturated rings. The minimum Gasteiger partial charge on any atom is -0.372 e. The molecule has 0 radical (unpaired) electrons. The smallest absolute Gasteiger partial charge is 0.274 e. The Morgan fingerprint density at radius 2 is 1.76 bits per heavy atom. The van der Waals surface area contributed by atoms with Crippen molar-refractivity contribution in [3.05, 3.63) is 71.8 Å². The van der Waals surface area contributed by atoms with E-state index in [1.54, 1.807) is 18.5 Å². The molecule has 0 bridgehead atoms. The lowest BCUT2D eigenvalue weighted by molar-refractivity contribution is 0.102. The average Bonchev–Trinajstić information content (AvgIpc) is 3.28. The SMILES string of the molecule is Cc1cc(C(=O)Nc2ccc(N3CCCC3)cc2)nc(NCc2ccncc2)n1. The third-order valence-corrected chi connectivity index (χ3v) is 4.88. The van der Waals surface area contributed by atoms with E-state index in [9.17, 15) is 4.79 Å². The fourth-order valence-electron chi connectivity index (χ4n) is 3.37. The highest BCUT2D eigenvalue weighted by Gasteiger charge is 2.14. The van der Waals surface area contributed by atoms with Gasteiger partial charge in [-0.1, -0.05) is 0 Å². The van der Waals surface area contributed by atoms with Crippen LogP contribution in [0.1, 0.15) is 34.6 Å². The second-order valence-electron chi connectivity index (χ2n) is 7.12. The predicted octanol–water partition coefficient (Wildman–Crippen LogP) is 3.64. The Kier molecular flexibility index (Phi) is 5.65. The predicted molar refractivity (Wildman–Crippen MR) is 114 cm³/mol. The van der Waals surface area contributed by atoms with Gasteiger partial charge in [0.25, 0.3) is 5.91 Å². The van der Waals surface area contributed by atoms with Crippen molar-refractivity contribution in [1.82, 2.24) is 15.0 Å². The van der Waals surface area contributed by atoms with Crippen molar-refractivity contribution in [1.29, 1.82) is 0 Å². The molecule has 3 heterocycles. The summed E-state index contributed by atoms with van der Waals surface area (Å²) in [5, 5.41) is 6.08. The molecule has 0 spiro atoms. The number of rotatable bonds is 6. The summed E-state index contributed by atoms with van der Waals surface area (Å²) in [4.78, 5) is 27.8. The van der Waals surface area contributed by atoms with Crippen LogP contribution in [0.2, 0.25) is 0 Å². The van der Waals surface area contributed by atoms with Gasteiger partial charge in [0.1, 0.15) is 5.69 Å². The van der Waals surface area contributed by atoms with Gasteiger partial charge in [-0.3, -0.25) is 9.78 Å². The zero-order valence-electron chi connectivity index (χ0n) is 16.4. The summed E-state index contributed by atoms with van der Waals surface area (Å²) in [6.45, 7) is 4.61. The molecular formula is C22H24N6O. The van der Waals surface area contributed by atoms with Crippen molar-refractivity contribution in [3.8, 4) is 0 Å². The minimum atomic E-state index is -0.253. The van der Waals surface area contributed by atoms with Crippen molar-refractivity contribution >= 4 is 23.2 Å². The Balaban J connectivity index is 1.42. The number of aromatic nitrogens is 3. The number of amides is 1. The van der Waals surface area contributed by atoms with Gasteiger partial charge >= 0.3 is 0 Å². The molecule has 0 atom stereocenters. The van der Waals surface area contributed by atoms with Crippen molar-refractivity contribution in [3.63, 3.8) is 0 Å². The molecule has 3 aromatic rings. The first-order valence-corrected chi connectivity index (χ1v) is 9.82. The van der Waals surface area contributed by atoms with Gasteiger partial charge in [0.2, 0.25) is 5.95 Å². The topological polar surface area (TPSA) is 83.0 Å². The van der Waals surface area contributed by atoms with Crippen LogP contribution >= 0.6 is 0 Å². The molecule has 0 saturated carbocycles. The zero-order valence-corrected chi connectivity index (χ0v) is 16.4. The molecule has 148 valence electrons. The fourth-order valence-corrected chi connectivity index (χ4v) is 3.37. The summed E-state index contributed by atoms with van der Waals surface area (Å²) < 4.78 is 0. The molecule has 29 heavy (non-hydrogen) atoms. The van der Waals surface area contributed by atoms with E-state index in [1.165, 1.54) is 18.5 Å². The number of benzene rings is 1. The normalized spacial score (nSPS) is 13.3. The van der Waals surface area contributed by atoms with E-state index in [0.717, 1.165) is 30.0 Å². The molecule has 1 aromatic carbocycles. The highest BCUT2D eigenvalue weighted by Crippen LogP contribution is 2.22. The van der Waals surface area contributed by atoms with Crippen molar-refractivity contribution in [2.45, 2.75) is 26.3 Å². The van der Waals surface area contributed by atoms with E-state index < -0.39 is 0 Å². The van der Waals surface area contributed by atoms with E-state index in [-0.39, 0.29) is 5.91 Å². The first kappa shape index (κ1) is 18.9.